The lowest BCUT2D eigenvalue weighted by molar-refractivity contribution is -0.134. The zero-order valence-electron chi connectivity index (χ0n) is 18.8. The van der Waals surface area contributed by atoms with E-state index in [9.17, 15) is 4.79 Å². The number of nitrogens with two attached hydrogens (primary N) is 1. The van der Waals surface area contributed by atoms with Crippen molar-refractivity contribution in [3.63, 3.8) is 0 Å². The molecule has 0 bridgehead atoms. The summed E-state index contributed by atoms with van der Waals surface area (Å²) >= 11 is 12.3. The Bertz CT molecular complexity index is 1280. The number of hydrogen-bond donors (Lipinski definition) is 2. The van der Waals surface area contributed by atoms with Crippen molar-refractivity contribution < 1.29 is 4.79 Å². The van der Waals surface area contributed by atoms with Gasteiger partial charge in [0, 0.05) is 12.5 Å². The fourth-order valence-corrected chi connectivity index (χ4v) is 5.04. The van der Waals surface area contributed by atoms with E-state index in [2.05, 4.69) is 41.4 Å². The summed E-state index contributed by atoms with van der Waals surface area (Å²) in [6, 6.07) is 21.3. The van der Waals surface area contributed by atoms with Crippen molar-refractivity contribution in [2.75, 3.05) is 6.54 Å². The number of likely N-dealkylation sites (tertiary alicyclic amines) is 1. The number of carbonyl (C=O) groups excluding carboxylic acids is 1. The molecule has 1 saturated heterocycles. The van der Waals surface area contributed by atoms with Gasteiger partial charge in [0.25, 0.3) is 0 Å². The molecule has 3 aromatic carbocycles. The van der Waals surface area contributed by atoms with Crippen LogP contribution in [0.2, 0.25) is 10.0 Å². The molecule has 4 aromatic rings. The van der Waals surface area contributed by atoms with Crippen molar-refractivity contribution in [3.05, 3.63) is 88.2 Å². The first-order valence-corrected chi connectivity index (χ1v) is 12.2. The van der Waals surface area contributed by atoms with Crippen molar-refractivity contribution in [2.45, 2.75) is 37.8 Å². The number of nitrogens with zero attached hydrogens (tertiary/aromatic N) is 2. The Morgan fingerprint density at radius 3 is 2.47 bits per heavy atom. The maximum atomic E-state index is 13.5. The summed E-state index contributed by atoms with van der Waals surface area (Å²) in [4.78, 5) is 23.4. The highest BCUT2D eigenvalue weighted by Gasteiger charge is 2.36. The summed E-state index contributed by atoms with van der Waals surface area (Å²) < 4.78 is 0. The first-order valence-electron chi connectivity index (χ1n) is 11.5. The first-order chi connectivity index (χ1) is 16.4. The molecule has 174 valence electrons. The van der Waals surface area contributed by atoms with Gasteiger partial charge in [0.15, 0.2) is 0 Å². The SMILES string of the molecule is C[C@@H](c1ccc(-c2ccccc2)cc1)[C@H](N)C(=O)N1CCC[C@H]1c1nc2cc(Cl)c(Cl)cc2[nH]1. The van der Waals surface area contributed by atoms with E-state index in [-0.39, 0.29) is 17.9 Å². The van der Waals surface area contributed by atoms with E-state index in [4.69, 9.17) is 33.9 Å². The number of nitrogens with one attached hydrogen (secondary N) is 1. The van der Waals surface area contributed by atoms with Crippen LogP contribution in [0.3, 0.4) is 0 Å². The largest absolute Gasteiger partial charge is 0.340 e. The van der Waals surface area contributed by atoms with Crippen LogP contribution in [-0.2, 0) is 4.79 Å². The fraction of sp³-hybridized carbons (Fsp3) is 0.259. The minimum Gasteiger partial charge on any atom is -0.340 e. The number of hydrogen-bond acceptors (Lipinski definition) is 3. The quantitative estimate of drug-likeness (QED) is 0.341. The first kappa shape index (κ1) is 22.9. The number of benzene rings is 3. The molecule has 1 fully saturated rings. The van der Waals surface area contributed by atoms with Gasteiger partial charge in [-0.05, 0) is 41.7 Å². The average Bonchev–Trinajstić information content (AvgIpc) is 3.50. The summed E-state index contributed by atoms with van der Waals surface area (Å²) in [5.74, 6) is 0.566. The molecule has 0 spiro atoms. The zero-order chi connectivity index (χ0) is 23.8. The predicted octanol–water partition coefficient (Wildman–Crippen LogP) is 6.33. The van der Waals surface area contributed by atoms with Gasteiger partial charge in [-0.2, -0.15) is 0 Å². The minimum atomic E-state index is -0.642. The maximum absolute atomic E-state index is 13.5. The van der Waals surface area contributed by atoms with Crippen LogP contribution in [0.1, 0.15) is 43.1 Å². The van der Waals surface area contributed by atoms with Crippen LogP contribution < -0.4 is 5.73 Å². The molecular formula is C27H26Cl2N4O. The van der Waals surface area contributed by atoms with E-state index >= 15 is 0 Å². The van der Waals surface area contributed by atoms with Gasteiger partial charge in [0.05, 0.1) is 33.2 Å². The number of carbonyl (C=O) groups is 1. The maximum Gasteiger partial charge on any atom is 0.240 e. The smallest absolute Gasteiger partial charge is 0.240 e. The zero-order valence-corrected chi connectivity index (χ0v) is 20.4. The van der Waals surface area contributed by atoms with Gasteiger partial charge in [-0.3, -0.25) is 4.79 Å². The number of halogens is 2. The van der Waals surface area contributed by atoms with Gasteiger partial charge in [-0.1, -0.05) is 84.7 Å². The molecule has 0 unspecified atom stereocenters. The summed E-state index contributed by atoms with van der Waals surface area (Å²) in [5.41, 5.74) is 11.4. The molecule has 0 aliphatic carbocycles. The Hall–Kier alpha value is -2.86. The van der Waals surface area contributed by atoms with E-state index in [0.717, 1.165) is 46.4 Å². The molecule has 1 aromatic heterocycles. The summed E-state index contributed by atoms with van der Waals surface area (Å²) in [6.45, 7) is 2.67. The highest BCUT2D eigenvalue weighted by atomic mass is 35.5. The topological polar surface area (TPSA) is 75.0 Å². The van der Waals surface area contributed by atoms with Crippen LogP contribution in [0.5, 0.6) is 0 Å². The van der Waals surface area contributed by atoms with Crippen LogP contribution in [0.4, 0.5) is 0 Å². The summed E-state index contributed by atoms with van der Waals surface area (Å²) in [7, 11) is 0. The fourth-order valence-electron chi connectivity index (χ4n) is 4.72. The molecule has 7 heteroatoms. The lowest BCUT2D eigenvalue weighted by atomic mass is 9.91. The minimum absolute atomic E-state index is 0.0568. The Morgan fingerprint density at radius 1 is 1.06 bits per heavy atom. The van der Waals surface area contributed by atoms with Gasteiger partial charge in [0.1, 0.15) is 5.82 Å². The van der Waals surface area contributed by atoms with Crippen LogP contribution in [0, 0.1) is 0 Å². The van der Waals surface area contributed by atoms with Gasteiger partial charge in [-0.25, -0.2) is 4.98 Å². The van der Waals surface area contributed by atoms with E-state index in [1.807, 2.05) is 30.0 Å². The van der Waals surface area contributed by atoms with E-state index < -0.39 is 6.04 Å². The number of imidazole rings is 1. The van der Waals surface area contributed by atoms with E-state index in [0.29, 0.717) is 16.6 Å². The molecule has 0 saturated carbocycles. The second-order valence-electron chi connectivity index (χ2n) is 8.90. The number of aromatic nitrogens is 2. The van der Waals surface area contributed by atoms with Crippen molar-refractivity contribution in [2.24, 2.45) is 5.73 Å². The predicted molar refractivity (Wildman–Crippen MR) is 138 cm³/mol. The molecule has 0 radical (unpaired) electrons. The Kier molecular flexibility index (Phi) is 6.34. The average molecular weight is 493 g/mol. The highest BCUT2D eigenvalue weighted by Crippen LogP contribution is 2.35. The molecule has 5 rings (SSSR count). The van der Waals surface area contributed by atoms with Gasteiger partial charge < -0.3 is 15.6 Å². The third-order valence-electron chi connectivity index (χ3n) is 6.76. The lowest BCUT2D eigenvalue weighted by Crippen LogP contribution is -2.46. The molecule has 5 nitrogen and oxygen atoms in total. The normalized spacial score (nSPS) is 17.8. The van der Waals surface area contributed by atoms with Crippen molar-refractivity contribution >= 4 is 40.1 Å². The molecule has 34 heavy (non-hydrogen) atoms. The molecule has 1 aliphatic heterocycles. The number of aromatic amines is 1. The van der Waals surface area contributed by atoms with Crippen molar-refractivity contribution in [1.29, 1.82) is 0 Å². The third-order valence-corrected chi connectivity index (χ3v) is 7.48. The van der Waals surface area contributed by atoms with E-state index in [1.165, 1.54) is 0 Å². The van der Waals surface area contributed by atoms with Crippen LogP contribution in [0.25, 0.3) is 22.2 Å². The third kappa shape index (κ3) is 4.31. The van der Waals surface area contributed by atoms with E-state index in [1.54, 1.807) is 12.1 Å². The molecule has 2 heterocycles. The Balaban J connectivity index is 1.34. The number of amides is 1. The summed E-state index contributed by atoms with van der Waals surface area (Å²) in [5, 5.41) is 0.929. The monoisotopic (exact) mass is 492 g/mol. The Morgan fingerprint density at radius 2 is 1.74 bits per heavy atom. The summed E-state index contributed by atoms with van der Waals surface area (Å²) in [6.07, 6.45) is 1.74. The standard InChI is InChI=1S/C27H26Cl2N4O/c1-16(17-9-11-19(12-10-17)18-6-3-2-4-7-18)25(30)27(34)33-13-5-8-24(33)26-31-22-14-20(28)21(29)15-23(22)32-26/h2-4,6-7,9-12,14-16,24-25H,5,8,13,30H2,1H3,(H,31,32)/t16-,24-,25-/m0/s1. The molecule has 3 atom stereocenters. The molecule has 1 aliphatic rings. The number of fused-ring (bicyclic) bond motifs is 1. The lowest BCUT2D eigenvalue weighted by Gasteiger charge is -2.29. The van der Waals surface area contributed by atoms with Gasteiger partial charge in [0.2, 0.25) is 5.91 Å². The second-order valence-corrected chi connectivity index (χ2v) is 9.71. The second kappa shape index (κ2) is 9.41. The molecule has 1 amide bonds. The van der Waals surface area contributed by atoms with Crippen LogP contribution in [-0.4, -0.2) is 33.4 Å². The number of rotatable bonds is 5. The van der Waals surface area contributed by atoms with Crippen LogP contribution in [0.15, 0.2) is 66.7 Å². The highest BCUT2D eigenvalue weighted by molar-refractivity contribution is 6.42. The number of H-pyrrole nitrogens is 1. The Labute approximate surface area is 208 Å². The molecule has 3 N–H and O–H groups in total. The van der Waals surface area contributed by atoms with Gasteiger partial charge in [-0.15, -0.1) is 0 Å². The van der Waals surface area contributed by atoms with Gasteiger partial charge >= 0.3 is 0 Å². The van der Waals surface area contributed by atoms with Crippen LogP contribution >= 0.6 is 23.2 Å². The van der Waals surface area contributed by atoms with Crippen molar-refractivity contribution in [3.8, 4) is 11.1 Å². The van der Waals surface area contributed by atoms with Crippen molar-refractivity contribution in [1.82, 2.24) is 14.9 Å². The molecular weight excluding hydrogens is 467 g/mol.